The van der Waals surface area contributed by atoms with Crippen molar-refractivity contribution in [2.45, 2.75) is 359 Å². The lowest BCUT2D eigenvalue weighted by Crippen LogP contribution is -2.43. The molecule has 10 heteroatoms. The topological polar surface area (TPSA) is 102 Å². The van der Waals surface area contributed by atoms with Crippen molar-refractivity contribution in [2.75, 3.05) is 6.61 Å². The van der Waals surface area contributed by atoms with E-state index >= 15 is 0 Å². The highest BCUT2D eigenvalue weighted by atomic mass is 28.4. The number of aliphatic carboxylic acids is 1. The molecule has 0 amide bonds. The van der Waals surface area contributed by atoms with Crippen LogP contribution in [0.25, 0.3) is 0 Å². The summed E-state index contributed by atoms with van der Waals surface area (Å²) < 4.78 is 20.6. The molecule has 0 aromatic heterocycles. The number of carboxylic acid groups (broad SMARTS) is 1. The fourth-order valence-electron chi connectivity index (χ4n) is 24.0. The number of hydrogen-bond donors (Lipinski definition) is 2. The Morgan fingerprint density at radius 1 is 0.495 bits per heavy atom. The minimum absolute atomic E-state index is 0. The SMILES string of the molecule is C.C[C@H](C(=O)O)[C@H]1CC[C@H]2/C(=C/[C@@H](C)[C@]34CC3C[C@H](O[Si](C)(C)C(C)(C)C)C4)CCC[C@]12C.C[C@H](C=O)[C@H]1CC[C@H]2/C(=C/[C@@H](C)[C@]34CC3C[C@H](O[Si](C)(C)C(C)(C)C)C4)CCC[C@]12C.C[C@H](CO)[C@H]1CC[C@H]2/C(=C/[C@@H](C)[C@]34CC3C[C@H](O[Si](C)(C)C(C)(C)C)C4)CCC[C@]12C. The maximum atomic E-state index is 11.8. The van der Waals surface area contributed by atoms with Crippen LogP contribution in [0.2, 0.25) is 54.4 Å². The van der Waals surface area contributed by atoms with Gasteiger partial charge in [0.15, 0.2) is 25.0 Å². The molecular formula is C85H150O7Si3. The van der Waals surface area contributed by atoms with Crippen molar-refractivity contribution >= 4 is 37.2 Å². The largest absolute Gasteiger partial charge is 0.481 e. The second-order valence-electron chi connectivity index (χ2n) is 41.4. The summed E-state index contributed by atoms with van der Waals surface area (Å²) in [5.41, 5.74) is 7.64. The fourth-order valence-corrected chi connectivity index (χ4v) is 28.1. The average molecular weight is 1370 g/mol. The molecule has 12 aliphatic rings. The van der Waals surface area contributed by atoms with Gasteiger partial charge in [-0.1, -0.05) is 167 Å². The van der Waals surface area contributed by atoms with Crippen molar-refractivity contribution in [3.05, 3.63) is 34.9 Å². The van der Waals surface area contributed by atoms with Gasteiger partial charge in [-0.3, -0.25) is 4.79 Å². The van der Waals surface area contributed by atoms with E-state index in [4.69, 9.17) is 13.3 Å². The first-order valence-corrected chi connectivity index (χ1v) is 48.6. The predicted octanol–water partition coefficient (Wildman–Crippen LogP) is 23.7. The van der Waals surface area contributed by atoms with E-state index in [-0.39, 0.29) is 29.7 Å². The van der Waals surface area contributed by atoms with Crippen LogP contribution < -0.4 is 0 Å². The van der Waals surface area contributed by atoms with E-state index in [0.717, 1.165) is 30.1 Å². The van der Waals surface area contributed by atoms with Crippen LogP contribution in [0.3, 0.4) is 0 Å². The highest BCUT2D eigenvalue weighted by Gasteiger charge is 2.67. The van der Waals surface area contributed by atoms with Crippen molar-refractivity contribution in [2.24, 2.45) is 121 Å². The smallest absolute Gasteiger partial charge is 0.306 e. The minimum atomic E-state index is -1.71. The number of allylic oxidation sites excluding steroid dienone is 6. The summed E-state index contributed by atoms with van der Waals surface area (Å²) in [4.78, 5) is 23.3. The third-order valence-corrected chi connectivity index (χ3v) is 46.8. The molecular weight excluding hydrogens is 1220 g/mol. The van der Waals surface area contributed by atoms with Gasteiger partial charge in [0.05, 0.1) is 5.92 Å². The first-order valence-electron chi connectivity index (χ1n) is 39.8. The zero-order valence-electron chi connectivity index (χ0n) is 65.3. The molecule has 3 unspecified atom stereocenters. The summed E-state index contributed by atoms with van der Waals surface area (Å²) in [6.45, 7) is 57.3. The van der Waals surface area contributed by atoms with E-state index in [2.05, 4.69) is 175 Å². The molecule has 0 aliphatic heterocycles. The van der Waals surface area contributed by atoms with E-state index in [9.17, 15) is 19.8 Å². The normalized spacial score (nSPS) is 42.7. The average Bonchev–Trinajstić information content (AvgIpc) is 1.57. The van der Waals surface area contributed by atoms with Gasteiger partial charge in [0.25, 0.3) is 0 Å². The van der Waals surface area contributed by atoms with Crippen LogP contribution in [0, 0.1) is 121 Å². The first-order chi connectivity index (χ1) is 43.4. The maximum absolute atomic E-state index is 11.8. The lowest BCUT2D eigenvalue weighted by atomic mass is 9.60. The molecule has 12 rings (SSSR count). The van der Waals surface area contributed by atoms with Gasteiger partial charge < -0.3 is 28.3 Å². The van der Waals surface area contributed by atoms with Crippen LogP contribution in [-0.4, -0.2) is 72.3 Å². The zero-order chi connectivity index (χ0) is 69.3. The van der Waals surface area contributed by atoms with E-state index in [0.29, 0.717) is 115 Å². The molecule has 12 aliphatic carbocycles. The van der Waals surface area contributed by atoms with Crippen LogP contribution in [-0.2, 0) is 22.9 Å². The second-order valence-corrected chi connectivity index (χ2v) is 55.7. The number of carbonyl (C=O) groups excluding carboxylic acids is 1. The zero-order valence-corrected chi connectivity index (χ0v) is 68.3. The Labute approximate surface area is 588 Å². The molecule has 0 heterocycles. The molecule has 0 aromatic rings. The summed E-state index contributed by atoms with van der Waals surface area (Å²) in [5.74, 6) is 8.10. The highest BCUT2D eigenvalue weighted by Crippen LogP contribution is 2.73. The summed E-state index contributed by atoms with van der Waals surface area (Å²) in [6, 6.07) is 0. The van der Waals surface area contributed by atoms with Crippen LogP contribution in [0.5, 0.6) is 0 Å². The van der Waals surface area contributed by atoms with E-state index in [1.807, 2.05) is 6.92 Å². The van der Waals surface area contributed by atoms with Crippen molar-refractivity contribution in [1.29, 1.82) is 0 Å². The van der Waals surface area contributed by atoms with Crippen molar-refractivity contribution in [3.63, 3.8) is 0 Å². The standard InChI is InChI=1S/C28H48O3Si.C28H50O2Si.C28H48O2Si.CH4/c1-18(28-16-21(28)15-22(17-28)31-32(7,8)26(3,4)5)14-20-10-9-13-27(6)23(11-12-24(20)27)19(2)25(29)30;2*1-19(18-29)24-11-12-25-21(10-9-13-27(24,25)6)14-20(2)28-16-22(28)15-23(17-28)30-31(7,8)26(3,4)5;/h14,18-19,21-24H,9-13,15-17H2,1-8H3,(H,29,30);14,19-20,22-25,29H,9-13,15-18H2,1-8H3;14,18-20,22-25H,9-13,15-17H2,1-8H3;1H4/b20-14+;2*21-14+;/t18-,19+,21?,22+,23-,24+,27-,28-;2*19-,20-,22?,23+,24-,25+,27-,28-;/m111./s1. The third kappa shape index (κ3) is 14.6. The van der Waals surface area contributed by atoms with Crippen molar-refractivity contribution in [3.8, 4) is 0 Å². The number of rotatable bonds is 18. The third-order valence-electron chi connectivity index (χ3n) is 33.1. The molecule has 12 fully saturated rings. The van der Waals surface area contributed by atoms with Crippen LogP contribution in [0.4, 0.5) is 0 Å². The molecule has 0 spiro atoms. The number of fused-ring (bicyclic) bond motifs is 6. The van der Waals surface area contributed by atoms with Gasteiger partial charge in [0, 0.05) is 30.8 Å². The fraction of sp³-hybridized carbons (Fsp3) is 0.906. The van der Waals surface area contributed by atoms with Crippen LogP contribution >= 0.6 is 0 Å². The van der Waals surface area contributed by atoms with Gasteiger partial charge in [0.2, 0.25) is 0 Å². The Morgan fingerprint density at radius 3 is 1.08 bits per heavy atom. The molecule has 95 heavy (non-hydrogen) atoms. The minimum Gasteiger partial charge on any atom is -0.481 e. The number of aldehydes is 1. The maximum Gasteiger partial charge on any atom is 0.306 e. The first kappa shape index (κ1) is 78.0. The number of aliphatic hydroxyl groups is 1. The Balaban J connectivity index is 0.000000167. The quantitative estimate of drug-likeness (QED) is 0.0801. The van der Waals surface area contributed by atoms with Crippen molar-refractivity contribution in [1.82, 2.24) is 0 Å². The number of carboxylic acids is 1. The molecule has 2 N–H and O–H groups in total. The van der Waals surface area contributed by atoms with Crippen molar-refractivity contribution < 1.29 is 33.1 Å². The summed E-state index contributed by atoms with van der Waals surface area (Å²) >= 11 is 0. The number of aliphatic hydroxyl groups excluding tert-OH is 1. The molecule has 7 nitrogen and oxygen atoms in total. The molecule has 12 saturated carbocycles. The molecule has 0 saturated heterocycles. The molecule has 24 atom stereocenters. The van der Waals surface area contributed by atoms with E-state index < -0.39 is 30.9 Å². The lowest BCUT2D eigenvalue weighted by molar-refractivity contribution is -0.144. The Bertz CT molecular complexity index is 2810. The van der Waals surface area contributed by atoms with E-state index in [1.165, 1.54) is 154 Å². The highest BCUT2D eigenvalue weighted by molar-refractivity contribution is 6.75. The van der Waals surface area contributed by atoms with Gasteiger partial charge in [-0.05, 0) is 318 Å². The monoisotopic (exact) mass is 1370 g/mol. The van der Waals surface area contributed by atoms with Gasteiger partial charge in [-0.25, -0.2) is 0 Å². The van der Waals surface area contributed by atoms with Gasteiger partial charge in [-0.15, -0.1) is 0 Å². The van der Waals surface area contributed by atoms with E-state index in [1.54, 1.807) is 16.7 Å². The molecule has 0 aromatic carbocycles. The Morgan fingerprint density at radius 2 is 0.789 bits per heavy atom. The molecule has 0 bridgehead atoms. The molecule has 0 radical (unpaired) electrons. The summed E-state index contributed by atoms with van der Waals surface area (Å²) in [6.07, 6.45) is 41.7. The van der Waals surface area contributed by atoms with Gasteiger partial charge in [-0.2, -0.15) is 0 Å². The van der Waals surface area contributed by atoms with Crippen LogP contribution in [0.1, 0.15) is 286 Å². The Kier molecular flexibility index (Phi) is 22.6. The summed E-state index contributed by atoms with van der Waals surface area (Å²) in [5, 5.41) is 20.4. The van der Waals surface area contributed by atoms with Gasteiger partial charge >= 0.3 is 5.97 Å². The number of hydrogen-bond acceptors (Lipinski definition) is 6. The van der Waals surface area contributed by atoms with Gasteiger partial charge in [0.1, 0.15) is 6.29 Å². The van der Waals surface area contributed by atoms with Crippen LogP contribution in [0.15, 0.2) is 34.9 Å². The number of carbonyl (C=O) groups is 2. The molecule has 544 valence electrons. The second kappa shape index (κ2) is 27.5. The lowest BCUT2D eigenvalue weighted by Gasteiger charge is -2.44. The summed E-state index contributed by atoms with van der Waals surface area (Å²) in [7, 11) is -5.07. The Hall–Kier alpha value is -1.15. The predicted molar refractivity (Wildman–Crippen MR) is 407 cm³/mol.